The number of nitrogen functional groups attached to an aromatic ring is 1. The van der Waals surface area contributed by atoms with Gasteiger partial charge in [0.1, 0.15) is 0 Å². The average Bonchev–Trinajstić information content (AvgIpc) is 2.06. The van der Waals surface area contributed by atoms with E-state index in [0.717, 1.165) is 5.92 Å². The first-order valence-corrected chi connectivity index (χ1v) is 5.10. The molecule has 1 fully saturated rings. The van der Waals surface area contributed by atoms with Gasteiger partial charge in [0.25, 0.3) is 0 Å². The van der Waals surface area contributed by atoms with Crippen LogP contribution in [0.15, 0.2) is 12.4 Å². The van der Waals surface area contributed by atoms with Crippen molar-refractivity contribution in [3.8, 4) is 0 Å². The van der Waals surface area contributed by atoms with Crippen LogP contribution in [0.4, 0.5) is 11.6 Å². The van der Waals surface area contributed by atoms with Crippen molar-refractivity contribution in [1.82, 2.24) is 9.97 Å². The van der Waals surface area contributed by atoms with Crippen molar-refractivity contribution in [2.75, 3.05) is 11.1 Å². The SMILES string of the molecule is CC(Nc1ncc(N)cn1)C1CCC1. The van der Waals surface area contributed by atoms with Gasteiger partial charge in [-0.05, 0) is 25.7 Å². The van der Waals surface area contributed by atoms with Crippen LogP contribution in [0.3, 0.4) is 0 Å². The van der Waals surface area contributed by atoms with Crippen LogP contribution in [0.1, 0.15) is 26.2 Å². The molecule has 1 atom stereocenters. The molecule has 1 unspecified atom stereocenters. The van der Waals surface area contributed by atoms with Crippen molar-refractivity contribution < 1.29 is 0 Å². The summed E-state index contributed by atoms with van der Waals surface area (Å²) in [5.41, 5.74) is 6.11. The predicted molar refractivity (Wildman–Crippen MR) is 56.9 cm³/mol. The molecule has 1 aliphatic carbocycles. The monoisotopic (exact) mass is 192 g/mol. The lowest BCUT2D eigenvalue weighted by atomic mass is 9.80. The zero-order valence-corrected chi connectivity index (χ0v) is 8.40. The van der Waals surface area contributed by atoms with E-state index in [2.05, 4.69) is 22.2 Å². The predicted octanol–water partition coefficient (Wildman–Crippen LogP) is 1.66. The lowest BCUT2D eigenvalue weighted by molar-refractivity contribution is 0.284. The van der Waals surface area contributed by atoms with Gasteiger partial charge in [0.15, 0.2) is 0 Å². The molecular formula is C10H16N4. The second-order valence-electron chi connectivity index (χ2n) is 3.96. The quantitative estimate of drug-likeness (QED) is 0.764. The molecule has 4 nitrogen and oxygen atoms in total. The van der Waals surface area contributed by atoms with E-state index in [0.29, 0.717) is 17.7 Å². The molecule has 0 spiro atoms. The van der Waals surface area contributed by atoms with Gasteiger partial charge in [-0.2, -0.15) is 0 Å². The molecule has 0 radical (unpaired) electrons. The Kier molecular flexibility index (Phi) is 2.52. The molecule has 2 rings (SSSR count). The number of hydrogen-bond acceptors (Lipinski definition) is 4. The molecule has 0 aromatic carbocycles. The van der Waals surface area contributed by atoms with Crippen LogP contribution in [0, 0.1) is 5.92 Å². The maximum atomic E-state index is 5.50. The smallest absolute Gasteiger partial charge is 0.222 e. The second kappa shape index (κ2) is 3.82. The molecule has 4 heteroatoms. The third-order valence-corrected chi connectivity index (χ3v) is 2.89. The minimum absolute atomic E-state index is 0.465. The van der Waals surface area contributed by atoms with Gasteiger partial charge in [-0.1, -0.05) is 6.42 Å². The molecule has 1 aliphatic rings. The Morgan fingerprint density at radius 1 is 1.43 bits per heavy atom. The summed E-state index contributed by atoms with van der Waals surface area (Å²) in [7, 11) is 0. The minimum Gasteiger partial charge on any atom is -0.396 e. The molecule has 0 aliphatic heterocycles. The minimum atomic E-state index is 0.465. The van der Waals surface area contributed by atoms with Crippen LogP contribution in [0.2, 0.25) is 0 Å². The van der Waals surface area contributed by atoms with Crippen molar-refractivity contribution in [2.24, 2.45) is 5.92 Å². The number of nitrogens with zero attached hydrogens (tertiary/aromatic N) is 2. The highest BCUT2D eigenvalue weighted by Gasteiger charge is 2.23. The number of nitrogens with two attached hydrogens (primary N) is 1. The summed E-state index contributed by atoms with van der Waals surface area (Å²) in [4.78, 5) is 8.22. The largest absolute Gasteiger partial charge is 0.396 e. The van der Waals surface area contributed by atoms with Crippen molar-refractivity contribution in [1.29, 1.82) is 0 Å². The zero-order chi connectivity index (χ0) is 9.97. The fourth-order valence-corrected chi connectivity index (χ4v) is 1.67. The van der Waals surface area contributed by atoms with E-state index in [9.17, 15) is 0 Å². The number of anilines is 2. The molecule has 1 saturated carbocycles. The highest BCUT2D eigenvalue weighted by molar-refractivity contribution is 5.36. The summed E-state index contributed by atoms with van der Waals surface area (Å²) in [5.74, 6) is 1.47. The van der Waals surface area contributed by atoms with Gasteiger partial charge in [0, 0.05) is 6.04 Å². The van der Waals surface area contributed by atoms with Gasteiger partial charge >= 0.3 is 0 Å². The molecule has 76 valence electrons. The first-order valence-electron chi connectivity index (χ1n) is 5.10. The third kappa shape index (κ3) is 1.95. The van der Waals surface area contributed by atoms with Crippen molar-refractivity contribution in [3.05, 3.63) is 12.4 Å². The fraction of sp³-hybridized carbons (Fsp3) is 0.600. The van der Waals surface area contributed by atoms with Crippen LogP contribution >= 0.6 is 0 Å². The first-order chi connectivity index (χ1) is 6.75. The van der Waals surface area contributed by atoms with Gasteiger partial charge in [0.05, 0.1) is 18.1 Å². The van der Waals surface area contributed by atoms with Crippen LogP contribution in [0.5, 0.6) is 0 Å². The maximum absolute atomic E-state index is 5.50. The number of hydrogen-bond donors (Lipinski definition) is 2. The maximum Gasteiger partial charge on any atom is 0.222 e. The second-order valence-corrected chi connectivity index (χ2v) is 3.96. The van der Waals surface area contributed by atoms with Crippen molar-refractivity contribution in [3.63, 3.8) is 0 Å². The van der Waals surface area contributed by atoms with E-state index in [4.69, 9.17) is 5.73 Å². The van der Waals surface area contributed by atoms with Gasteiger partial charge in [-0.3, -0.25) is 0 Å². The summed E-state index contributed by atoms with van der Waals surface area (Å²) in [5, 5.41) is 3.29. The van der Waals surface area contributed by atoms with E-state index in [1.165, 1.54) is 19.3 Å². The lowest BCUT2D eigenvalue weighted by Gasteiger charge is -2.31. The molecular weight excluding hydrogens is 176 g/mol. The molecule has 1 aromatic rings. The average molecular weight is 192 g/mol. The highest BCUT2D eigenvalue weighted by atomic mass is 15.1. The number of nitrogens with one attached hydrogen (secondary N) is 1. The Labute approximate surface area is 83.9 Å². The van der Waals surface area contributed by atoms with Gasteiger partial charge < -0.3 is 11.1 Å². The van der Waals surface area contributed by atoms with Gasteiger partial charge in [-0.15, -0.1) is 0 Å². The Morgan fingerprint density at radius 2 is 2.07 bits per heavy atom. The van der Waals surface area contributed by atoms with Gasteiger partial charge in [0.2, 0.25) is 5.95 Å². The fourth-order valence-electron chi connectivity index (χ4n) is 1.67. The van der Waals surface area contributed by atoms with E-state index in [-0.39, 0.29) is 0 Å². The zero-order valence-electron chi connectivity index (χ0n) is 8.40. The third-order valence-electron chi connectivity index (χ3n) is 2.89. The Hall–Kier alpha value is -1.32. The van der Waals surface area contributed by atoms with E-state index in [1.54, 1.807) is 12.4 Å². The molecule has 1 heterocycles. The van der Waals surface area contributed by atoms with Crippen LogP contribution in [-0.2, 0) is 0 Å². The lowest BCUT2D eigenvalue weighted by Crippen LogP contribution is -2.31. The summed E-state index contributed by atoms with van der Waals surface area (Å²) in [6, 6.07) is 0.465. The molecule has 1 aromatic heterocycles. The first kappa shape index (κ1) is 9.24. The summed E-state index contributed by atoms with van der Waals surface area (Å²) < 4.78 is 0. The molecule has 14 heavy (non-hydrogen) atoms. The molecule has 3 N–H and O–H groups in total. The van der Waals surface area contributed by atoms with Crippen LogP contribution < -0.4 is 11.1 Å². The van der Waals surface area contributed by atoms with E-state index < -0.39 is 0 Å². The molecule has 0 amide bonds. The van der Waals surface area contributed by atoms with Crippen molar-refractivity contribution >= 4 is 11.6 Å². The number of aromatic nitrogens is 2. The summed E-state index contributed by atoms with van der Waals surface area (Å²) in [6.45, 7) is 2.18. The van der Waals surface area contributed by atoms with Crippen LogP contribution in [-0.4, -0.2) is 16.0 Å². The van der Waals surface area contributed by atoms with E-state index in [1.807, 2.05) is 0 Å². The highest BCUT2D eigenvalue weighted by Crippen LogP contribution is 2.30. The van der Waals surface area contributed by atoms with Crippen LogP contribution in [0.25, 0.3) is 0 Å². The molecule has 0 bridgehead atoms. The standard InChI is InChI=1S/C10H16N4/c1-7(8-3-2-4-8)14-10-12-5-9(11)6-13-10/h5-8H,2-4,11H2,1H3,(H,12,13,14). The Balaban J connectivity index is 1.92. The molecule has 0 saturated heterocycles. The van der Waals surface area contributed by atoms with Crippen molar-refractivity contribution in [2.45, 2.75) is 32.2 Å². The summed E-state index contributed by atoms with van der Waals surface area (Å²) in [6.07, 6.45) is 7.26. The van der Waals surface area contributed by atoms with Gasteiger partial charge in [-0.25, -0.2) is 9.97 Å². The van der Waals surface area contributed by atoms with E-state index >= 15 is 0 Å². The summed E-state index contributed by atoms with van der Waals surface area (Å²) >= 11 is 0. The number of rotatable bonds is 3. The Morgan fingerprint density at radius 3 is 2.57 bits per heavy atom. The Bertz CT molecular complexity index is 291. The topological polar surface area (TPSA) is 63.8 Å². The normalized spacial score (nSPS) is 18.6.